The van der Waals surface area contributed by atoms with Crippen LogP contribution in [-0.4, -0.2) is 44.4 Å². The molecule has 0 spiro atoms. The van der Waals surface area contributed by atoms with E-state index in [9.17, 15) is 0 Å². The van der Waals surface area contributed by atoms with E-state index in [4.69, 9.17) is 19.9 Å². The van der Waals surface area contributed by atoms with Crippen LogP contribution in [0, 0.1) is 0 Å². The second-order valence-electron chi connectivity index (χ2n) is 5.43. The van der Waals surface area contributed by atoms with Crippen LogP contribution in [0.5, 0.6) is 11.5 Å². The molecule has 1 unspecified atom stereocenters. The lowest BCUT2D eigenvalue weighted by Crippen LogP contribution is -2.38. The van der Waals surface area contributed by atoms with Gasteiger partial charge in [0, 0.05) is 32.0 Å². The van der Waals surface area contributed by atoms with Crippen LogP contribution in [0.1, 0.15) is 18.4 Å². The number of fused-ring (bicyclic) bond motifs is 1. The first-order valence-corrected chi connectivity index (χ1v) is 7.19. The number of hydrogen-bond donors (Lipinski definition) is 1. The monoisotopic (exact) mass is 278 g/mol. The van der Waals surface area contributed by atoms with Gasteiger partial charge in [0.1, 0.15) is 13.2 Å². The van der Waals surface area contributed by atoms with E-state index < -0.39 is 0 Å². The van der Waals surface area contributed by atoms with E-state index in [1.165, 1.54) is 6.42 Å². The molecule has 5 nitrogen and oxygen atoms in total. The summed E-state index contributed by atoms with van der Waals surface area (Å²) in [6, 6.07) is 3.89. The zero-order chi connectivity index (χ0) is 13.9. The van der Waals surface area contributed by atoms with Crippen molar-refractivity contribution >= 4 is 5.69 Å². The maximum atomic E-state index is 6.14. The fourth-order valence-corrected chi connectivity index (χ4v) is 2.87. The molecule has 2 aliphatic rings. The molecule has 0 saturated carbocycles. The fraction of sp³-hybridized carbons (Fsp3) is 0.600. The molecule has 1 aromatic carbocycles. The summed E-state index contributed by atoms with van der Waals surface area (Å²) in [6.07, 6.45) is 2.65. The van der Waals surface area contributed by atoms with Crippen molar-refractivity contribution in [2.75, 3.05) is 39.1 Å². The average Bonchev–Trinajstić information content (AvgIpc) is 2.48. The first-order valence-electron chi connectivity index (χ1n) is 7.19. The van der Waals surface area contributed by atoms with Crippen LogP contribution in [0.2, 0.25) is 0 Å². The molecule has 0 bridgehead atoms. The predicted molar refractivity (Wildman–Crippen MR) is 77.2 cm³/mol. The van der Waals surface area contributed by atoms with E-state index >= 15 is 0 Å². The third-order valence-corrected chi connectivity index (χ3v) is 3.99. The number of nitrogens with two attached hydrogens (primary N) is 1. The van der Waals surface area contributed by atoms with Gasteiger partial charge in [-0.15, -0.1) is 0 Å². The van der Waals surface area contributed by atoms with Gasteiger partial charge < -0.3 is 19.9 Å². The lowest BCUT2D eigenvalue weighted by Gasteiger charge is -2.32. The molecule has 110 valence electrons. The van der Waals surface area contributed by atoms with Crippen LogP contribution in [0.25, 0.3) is 0 Å². The minimum absolute atomic E-state index is 0.335. The van der Waals surface area contributed by atoms with Crippen LogP contribution in [0.3, 0.4) is 0 Å². The largest absolute Gasteiger partial charge is 0.486 e. The first-order chi connectivity index (χ1) is 9.76. The Morgan fingerprint density at radius 2 is 2.05 bits per heavy atom. The quantitative estimate of drug-likeness (QED) is 0.852. The van der Waals surface area contributed by atoms with E-state index in [0.717, 1.165) is 48.8 Å². The lowest BCUT2D eigenvalue weighted by molar-refractivity contribution is 0.0286. The van der Waals surface area contributed by atoms with Gasteiger partial charge in [0.05, 0.1) is 6.10 Å². The molecule has 0 aromatic heterocycles. The van der Waals surface area contributed by atoms with Crippen molar-refractivity contribution in [3.05, 3.63) is 17.7 Å². The Bertz CT molecular complexity index is 478. The SMILES string of the molecule is COC1CCCN(Cc2cc3c(cc2N)OCCO3)C1. The number of piperidine rings is 1. The summed E-state index contributed by atoms with van der Waals surface area (Å²) in [7, 11) is 1.78. The normalized spacial score (nSPS) is 22.8. The van der Waals surface area contributed by atoms with Gasteiger partial charge in [-0.3, -0.25) is 4.90 Å². The molecular weight excluding hydrogens is 256 g/mol. The maximum absolute atomic E-state index is 6.14. The standard InChI is InChI=1S/C15H22N2O3/c1-18-12-3-2-4-17(10-12)9-11-7-14-15(8-13(11)16)20-6-5-19-14/h7-8,12H,2-6,9-10,16H2,1H3. The molecule has 2 aliphatic heterocycles. The second-order valence-corrected chi connectivity index (χ2v) is 5.43. The molecule has 20 heavy (non-hydrogen) atoms. The Morgan fingerprint density at radius 1 is 1.30 bits per heavy atom. The Morgan fingerprint density at radius 3 is 2.80 bits per heavy atom. The minimum atomic E-state index is 0.335. The Hall–Kier alpha value is -1.46. The number of anilines is 1. The smallest absolute Gasteiger partial charge is 0.163 e. The van der Waals surface area contributed by atoms with Gasteiger partial charge in [-0.2, -0.15) is 0 Å². The van der Waals surface area contributed by atoms with Crippen LogP contribution in [0.4, 0.5) is 5.69 Å². The fourth-order valence-electron chi connectivity index (χ4n) is 2.87. The van der Waals surface area contributed by atoms with E-state index in [2.05, 4.69) is 4.90 Å². The molecule has 3 rings (SSSR count). The highest BCUT2D eigenvalue weighted by molar-refractivity contribution is 5.58. The molecule has 1 fully saturated rings. The third kappa shape index (κ3) is 2.83. The van der Waals surface area contributed by atoms with Crippen LogP contribution >= 0.6 is 0 Å². The molecule has 0 amide bonds. The first kappa shape index (κ1) is 13.5. The minimum Gasteiger partial charge on any atom is -0.486 e. The van der Waals surface area contributed by atoms with Gasteiger partial charge in [-0.05, 0) is 31.0 Å². The van der Waals surface area contributed by atoms with Crippen molar-refractivity contribution < 1.29 is 14.2 Å². The molecule has 2 heterocycles. The van der Waals surface area contributed by atoms with Crippen molar-refractivity contribution in [1.29, 1.82) is 0 Å². The number of likely N-dealkylation sites (tertiary alicyclic amines) is 1. The number of methoxy groups -OCH3 is 1. The van der Waals surface area contributed by atoms with Crippen molar-refractivity contribution in [3.8, 4) is 11.5 Å². The molecule has 2 N–H and O–H groups in total. The molecule has 0 aliphatic carbocycles. The van der Waals surface area contributed by atoms with Gasteiger partial charge in [-0.1, -0.05) is 0 Å². The third-order valence-electron chi connectivity index (χ3n) is 3.99. The van der Waals surface area contributed by atoms with Crippen molar-refractivity contribution in [3.63, 3.8) is 0 Å². The van der Waals surface area contributed by atoms with E-state index in [0.29, 0.717) is 19.3 Å². The van der Waals surface area contributed by atoms with E-state index in [1.807, 2.05) is 12.1 Å². The lowest BCUT2D eigenvalue weighted by atomic mass is 10.1. The molecular formula is C15H22N2O3. The Balaban J connectivity index is 1.73. The zero-order valence-electron chi connectivity index (χ0n) is 11.9. The summed E-state index contributed by atoms with van der Waals surface area (Å²) < 4.78 is 16.6. The van der Waals surface area contributed by atoms with E-state index in [1.54, 1.807) is 7.11 Å². The number of rotatable bonds is 3. The molecule has 1 aromatic rings. The summed E-state index contributed by atoms with van der Waals surface area (Å²) in [4.78, 5) is 2.39. The van der Waals surface area contributed by atoms with Crippen molar-refractivity contribution in [2.45, 2.75) is 25.5 Å². The topological polar surface area (TPSA) is 57.0 Å². The Kier molecular flexibility index (Phi) is 3.98. The highest BCUT2D eigenvalue weighted by atomic mass is 16.6. The van der Waals surface area contributed by atoms with Crippen LogP contribution in [0.15, 0.2) is 12.1 Å². The number of benzene rings is 1. The molecule has 1 atom stereocenters. The van der Waals surface area contributed by atoms with Crippen LogP contribution in [-0.2, 0) is 11.3 Å². The average molecular weight is 278 g/mol. The van der Waals surface area contributed by atoms with Crippen LogP contribution < -0.4 is 15.2 Å². The number of hydrogen-bond acceptors (Lipinski definition) is 5. The number of nitrogens with zero attached hydrogens (tertiary/aromatic N) is 1. The molecule has 5 heteroatoms. The summed E-state index contributed by atoms with van der Waals surface area (Å²) >= 11 is 0. The highest BCUT2D eigenvalue weighted by Gasteiger charge is 2.21. The number of ether oxygens (including phenoxy) is 3. The van der Waals surface area contributed by atoms with Crippen molar-refractivity contribution in [2.24, 2.45) is 0 Å². The summed E-state index contributed by atoms with van der Waals surface area (Å²) in [5, 5.41) is 0. The van der Waals surface area contributed by atoms with Gasteiger partial charge in [0.2, 0.25) is 0 Å². The van der Waals surface area contributed by atoms with Gasteiger partial charge >= 0.3 is 0 Å². The zero-order valence-corrected chi connectivity index (χ0v) is 11.9. The predicted octanol–water partition coefficient (Wildman–Crippen LogP) is 1.65. The number of nitrogen functional groups attached to an aromatic ring is 1. The van der Waals surface area contributed by atoms with Gasteiger partial charge in [0.25, 0.3) is 0 Å². The molecule has 1 saturated heterocycles. The highest BCUT2D eigenvalue weighted by Crippen LogP contribution is 2.35. The Labute approximate surface area is 119 Å². The second kappa shape index (κ2) is 5.89. The molecule has 0 radical (unpaired) electrons. The summed E-state index contributed by atoms with van der Waals surface area (Å²) in [6.45, 7) is 4.08. The maximum Gasteiger partial charge on any atom is 0.163 e. The van der Waals surface area contributed by atoms with E-state index in [-0.39, 0.29) is 0 Å². The summed E-state index contributed by atoms with van der Waals surface area (Å²) in [5.74, 6) is 1.56. The van der Waals surface area contributed by atoms with Gasteiger partial charge in [0.15, 0.2) is 11.5 Å². The van der Waals surface area contributed by atoms with Crippen molar-refractivity contribution in [1.82, 2.24) is 4.90 Å². The van der Waals surface area contributed by atoms with Gasteiger partial charge in [-0.25, -0.2) is 0 Å². The summed E-state index contributed by atoms with van der Waals surface area (Å²) in [5.41, 5.74) is 8.01.